The second-order valence-electron chi connectivity index (χ2n) is 6.25. The Hall–Kier alpha value is -3.10. The zero-order valence-electron chi connectivity index (χ0n) is 15.9. The molecule has 0 radical (unpaired) electrons. The molecule has 0 atom stereocenters. The Morgan fingerprint density at radius 1 is 1.07 bits per heavy atom. The molecule has 0 bridgehead atoms. The number of likely N-dealkylation sites (tertiary alicyclic amines) is 1. The number of carbonyl (C=O) groups excluding carboxylic acids is 4. The lowest BCUT2D eigenvalue weighted by Crippen LogP contribution is -2.42. The molecule has 1 aliphatic heterocycles. The average molecular weight is 392 g/mol. The largest absolute Gasteiger partial charge is 0.497 e. The topological polar surface area (TPSA) is 111 Å². The SMILES string of the molecule is COC(=O)C1CCN(C(=O)COC(=O)CNC(=O)c2ccc(OC)cc2)CC1. The molecule has 1 heterocycles. The van der Waals surface area contributed by atoms with E-state index in [2.05, 4.69) is 5.32 Å². The highest BCUT2D eigenvalue weighted by Gasteiger charge is 2.28. The first-order valence-corrected chi connectivity index (χ1v) is 8.88. The van der Waals surface area contributed by atoms with Gasteiger partial charge in [-0.3, -0.25) is 19.2 Å². The van der Waals surface area contributed by atoms with Crippen LogP contribution in [0.15, 0.2) is 24.3 Å². The molecular weight excluding hydrogens is 368 g/mol. The van der Waals surface area contributed by atoms with Crippen LogP contribution in [-0.4, -0.2) is 69.1 Å². The maximum absolute atomic E-state index is 12.1. The first-order valence-electron chi connectivity index (χ1n) is 8.88. The van der Waals surface area contributed by atoms with Gasteiger partial charge in [-0.05, 0) is 37.1 Å². The van der Waals surface area contributed by atoms with Crippen LogP contribution in [0.5, 0.6) is 5.75 Å². The molecule has 1 aromatic carbocycles. The normalized spacial score (nSPS) is 14.1. The molecule has 1 fully saturated rings. The average Bonchev–Trinajstić information content (AvgIpc) is 2.75. The quantitative estimate of drug-likeness (QED) is 0.668. The number of benzene rings is 1. The standard InChI is InChI=1S/C19H24N2O7/c1-26-15-5-3-13(4-6-15)18(24)20-11-17(23)28-12-16(22)21-9-7-14(8-10-21)19(25)27-2/h3-6,14H,7-12H2,1-2H3,(H,20,24). The van der Waals surface area contributed by atoms with E-state index >= 15 is 0 Å². The number of rotatable bonds is 7. The first kappa shape index (κ1) is 21.2. The molecule has 9 heteroatoms. The Balaban J connectivity index is 1.68. The molecule has 152 valence electrons. The maximum Gasteiger partial charge on any atom is 0.325 e. The number of hydrogen-bond donors (Lipinski definition) is 1. The van der Waals surface area contributed by atoms with Gasteiger partial charge in [0, 0.05) is 18.7 Å². The Kier molecular flexibility index (Phi) is 7.79. The summed E-state index contributed by atoms with van der Waals surface area (Å²) in [6, 6.07) is 6.41. The van der Waals surface area contributed by atoms with E-state index in [0.717, 1.165) is 0 Å². The molecule has 0 spiro atoms. The van der Waals surface area contributed by atoms with Gasteiger partial charge in [0.1, 0.15) is 12.3 Å². The van der Waals surface area contributed by atoms with Crippen molar-refractivity contribution >= 4 is 23.8 Å². The van der Waals surface area contributed by atoms with Gasteiger partial charge in [-0.25, -0.2) is 0 Å². The molecule has 1 saturated heterocycles. The van der Waals surface area contributed by atoms with Gasteiger partial charge in [0.2, 0.25) is 0 Å². The number of hydrogen-bond acceptors (Lipinski definition) is 7. The molecule has 0 aliphatic carbocycles. The molecule has 2 amide bonds. The molecule has 1 aromatic rings. The van der Waals surface area contributed by atoms with Crippen LogP contribution in [0.25, 0.3) is 0 Å². The number of methoxy groups -OCH3 is 2. The second-order valence-corrected chi connectivity index (χ2v) is 6.25. The fourth-order valence-corrected chi connectivity index (χ4v) is 2.81. The monoisotopic (exact) mass is 392 g/mol. The number of piperidine rings is 1. The van der Waals surface area contributed by atoms with E-state index in [4.69, 9.17) is 14.2 Å². The summed E-state index contributed by atoms with van der Waals surface area (Å²) in [7, 11) is 2.86. The van der Waals surface area contributed by atoms with Gasteiger partial charge >= 0.3 is 11.9 Å². The molecule has 1 N–H and O–H groups in total. The number of amides is 2. The van der Waals surface area contributed by atoms with Crippen molar-refractivity contribution in [2.24, 2.45) is 5.92 Å². The minimum Gasteiger partial charge on any atom is -0.497 e. The summed E-state index contributed by atoms with van der Waals surface area (Å²) in [4.78, 5) is 48.9. The summed E-state index contributed by atoms with van der Waals surface area (Å²) in [5, 5.41) is 2.43. The van der Waals surface area contributed by atoms with E-state index in [0.29, 0.717) is 37.2 Å². The summed E-state index contributed by atoms with van der Waals surface area (Å²) >= 11 is 0. The molecule has 28 heavy (non-hydrogen) atoms. The molecular formula is C19H24N2O7. The lowest BCUT2D eigenvalue weighted by atomic mass is 9.97. The fourth-order valence-electron chi connectivity index (χ4n) is 2.81. The maximum atomic E-state index is 12.1. The number of ether oxygens (including phenoxy) is 3. The minimum atomic E-state index is -0.709. The lowest BCUT2D eigenvalue weighted by molar-refractivity contribution is -0.153. The molecule has 0 saturated carbocycles. The summed E-state index contributed by atoms with van der Waals surface area (Å²) in [5.41, 5.74) is 0.373. The Morgan fingerprint density at radius 3 is 2.29 bits per heavy atom. The second kappa shape index (κ2) is 10.3. The van der Waals surface area contributed by atoms with Gasteiger partial charge in [0.05, 0.1) is 20.1 Å². The summed E-state index contributed by atoms with van der Waals surface area (Å²) in [6.45, 7) is 0.0669. The highest BCUT2D eigenvalue weighted by atomic mass is 16.5. The molecule has 0 aromatic heterocycles. The zero-order chi connectivity index (χ0) is 20.5. The Bertz CT molecular complexity index is 709. The molecule has 0 unspecified atom stereocenters. The third-order valence-electron chi connectivity index (χ3n) is 4.48. The van der Waals surface area contributed by atoms with Crippen LogP contribution in [0.4, 0.5) is 0 Å². The van der Waals surface area contributed by atoms with Crippen molar-refractivity contribution < 1.29 is 33.4 Å². The van der Waals surface area contributed by atoms with Crippen LogP contribution in [0.2, 0.25) is 0 Å². The van der Waals surface area contributed by atoms with E-state index < -0.39 is 18.5 Å². The molecule has 2 rings (SSSR count). The Morgan fingerprint density at radius 2 is 1.71 bits per heavy atom. The summed E-state index contributed by atoms with van der Waals surface area (Å²) in [6.07, 6.45) is 1.04. The number of nitrogens with one attached hydrogen (secondary N) is 1. The van der Waals surface area contributed by atoms with Gasteiger partial charge < -0.3 is 24.4 Å². The summed E-state index contributed by atoms with van der Waals surface area (Å²) in [5.74, 6) is -1.34. The minimum absolute atomic E-state index is 0.204. The van der Waals surface area contributed by atoms with E-state index in [1.54, 1.807) is 29.2 Å². The van der Waals surface area contributed by atoms with Gasteiger partial charge in [-0.1, -0.05) is 0 Å². The number of nitrogens with zero attached hydrogens (tertiary/aromatic N) is 1. The van der Waals surface area contributed by atoms with Crippen molar-refractivity contribution in [3.8, 4) is 5.75 Å². The van der Waals surface area contributed by atoms with Crippen molar-refractivity contribution in [1.29, 1.82) is 0 Å². The van der Waals surface area contributed by atoms with E-state index in [1.807, 2.05) is 0 Å². The van der Waals surface area contributed by atoms with Crippen LogP contribution in [0, 0.1) is 5.92 Å². The predicted molar refractivity (Wildman–Crippen MR) is 97.6 cm³/mol. The van der Waals surface area contributed by atoms with E-state index in [-0.39, 0.29) is 24.3 Å². The van der Waals surface area contributed by atoms with Gasteiger partial charge in [-0.2, -0.15) is 0 Å². The van der Waals surface area contributed by atoms with Gasteiger partial charge in [0.15, 0.2) is 6.61 Å². The van der Waals surface area contributed by atoms with Crippen molar-refractivity contribution in [1.82, 2.24) is 10.2 Å². The highest BCUT2D eigenvalue weighted by molar-refractivity contribution is 5.96. The zero-order valence-corrected chi connectivity index (χ0v) is 15.9. The molecule has 1 aliphatic rings. The van der Waals surface area contributed by atoms with Crippen molar-refractivity contribution in [2.45, 2.75) is 12.8 Å². The first-order chi connectivity index (χ1) is 13.4. The third-order valence-corrected chi connectivity index (χ3v) is 4.48. The highest BCUT2D eigenvalue weighted by Crippen LogP contribution is 2.18. The number of carbonyl (C=O) groups is 4. The van der Waals surface area contributed by atoms with Crippen molar-refractivity contribution in [3.05, 3.63) is 29.8 Å². The van der Waals surface area contributed by atoms with Crippen molar-refractivity contribution in [2.75, 3.05) is 40.5 Å². The third kappa shape index (κ3) is 5.97. The Labute approximate surface area is 162 Å². The van der Waals surface area contributed by atoms with E-state index in [1.165, 1.54) is 14.2 Å². The van der Waals surface area contributed by atoms with Crippen LogP contribution in [0.3, 0.4) is 0 Å². The van der Waals surface area contributed by atoms with Crippen molar-refractivity contribution in [3.63, 3.8) is 0 Å². The van der Waals surface area contributed by atoms with Gasteiger partial charge in [-0.15, -0.1) is 0 Å². The predicted octanol–water partition coefficient (Wildman–Crippen LogP) is 0.380. The van der Waals surface area contributed by atoms with Crippen LogP contribution < -0.4 is 10.1 Å². The number of esters is 2. The van der Waals surface area contributed by atoms with Crippen LogP contribution in [0.1, 0.15) is 23.2 Å². The van der Waals surface area contributed by atoms with Gasteiger partial charge in [0.25, 0.3) is 11.8 Å². The lowest BCUT2D eigenvalue weighted by Gasteiger charge is -2.30. The smallest absolute Gasteiger partial charge is 0.325 e. The molecule has 9 nitrogen and oxygen atoms in total. The summed E-state index contributed by atoms with van der Waals surface area (Å²) < 4.78 is 14.6. The van der Waals surface area contributed by atoms with E-state index in [9.17, 15) is 19.2 Å². The van der Waals surface area contributed by atoms with Crippen LogP contribution in [-0.2, 0) is 23.9 Å². The fraction of sp³-hybridized carbons (Fsp3) is 0.474. The van der Waals surface area contributed by atoms with Crippen LogP contribution >= 0.6 is 0 Å².